The molecule has 1 heterocycles. The topological polar surface area (TPSA) is 96.2 Å². The highest BCUT2D eigenvalue weighted by molar-refractivity contribution is 5.71. The van der Waals surface area contributed by atoms with Crippen molar-refractivity contribution in [3.05, 3.63) is 46.8 Å². The Kier molecular flexibility index (Phi) is 5.07. The molecule has 0 atom stereocenters. The normalized spacial score (nSPS) is 10.1. The second-order valence-corrected chi connectivity index (χ2v) is 4.44. The third-order valence-electron chi connectivity index (χ3n) is 3.15. The number of rotatable bonds is 7. The highest BCUT2D eigenvalue weighted by atomic mass is 16.6. The van der Waals surface area contributed by atoms with Gasteiger partial charge in [-0.2, -0.15) is 0 Å². The molecule has 0 saturated heterocycles. The summed E-state index contributed by atoms with van der Waals surface area (Å²) in [6.45, 7) is 5.09. The lowest BCUT2D eigenvalue weighted by Gasteiger charge is -2.20. The Bertz CT molecular complexity index is 630. The van der Waals surface area contributed by atoms with Crippen LogP contribution in [0.3, 0.4) is 0 Å². The van der Waals surface area contributed by atoms with E-state index in [4.69, 9.17) is 0 Å². The first kappa shape index (κ1) is 15.5. The van der Waals surface area contributed by atoms with Gasteiger partial charge >= 0.3 is 5.69 Å². The molecule has 0 unspecified atom stereocenters. The zero-order valence-electron chi connectivity index (χ0n) is 12.5. The van der Waals surface area contributed by atoms with E-state index in [2.05, 4.69) is 20.8 Å². The minimum atomic E-state index is -0.470. The molecule has 2 rings (SSSR count). The fraction of sp³-hybridized carbons (Fsp3) is 0.286. The number of hydrazine groups is 1. The summed E-state index contributed by atoms with van der Waals surface area (Å²) in [6, 6.07) is 9.28. The largest absolute Gasteiger partial charge is 0.355 e. The van der Waals surface area contributed by atoms with E-state index in [1.54, 1.807) is 0 Å². The van der Waals surface area contributed by atoms with Crippen molar-refractivity contribution in [3.8, 4) is 0 Å². The van der Waals surface area contributed by atoms with E-state index in [9.17, 15) is 10.1 Å². The highest BCUT2D eigenvalue weighted by Crippen LogP contribution is 2.31. The summed E-state index contributed by atoms with van der Waals surface area (Å²) in [6.07, 6.45) is 1.32. The maximum absolute atomic E-state index is 11.4. The van der Waals surface area contributed by atoms with E-state index in [0.29, 0.717) is 18.9 Å². The average molecular weight is 302 g/mol. The molecule has 2 aromatic rings. The number of hydrogen-bond donors (Lipinski definition) is 2. The smallest absolute Gasteiger partial charge is 0.351 e. The lowest BCUT2D eigenvalue weighted by atomic mass is 10.3. The van der Waals surface area contributed by atoms with Gasteiger partial charge in [-0.1, -0.05) is 18.2 Å². The van der Waals surface area contributed by atoms with Crippen LogP contribution in [0.4, 0.5) is 23.0 Å². The number of benzene rings is 1. The third-order valence-corrected chi connectivity index (χ3v) is 3.15. The monoisotopic (exact) mass is 302 g/mol. The summed E-state index contributed by atoms with van der Waals surface area (Å²) in [5, 5.41) is 11.4. The lowest BCUT2D eigenvalue weighted by Crippen LogP contribution is -2.25. The molecule has 8 nitrogen and oxygen atoms in total. The maximum atomic E-state index is 11.4. The van der Waals surface area contributed by atoms with Crippen molar-refractivity contribution in [1.29, 1.82) is 0 Å². The van der Waals surface area contributed by atoms with Gasteiger partial charge in [-0.15, -0.1) is 0 Å². The molecular formula is C14H18N6O2. The standard InChI is InChI=1S/C14H18N6O2/c1-3-19(4-2)14-12(20(21)22)13(15-10-16-14)18-17-11-8-6-5-7-9-11/h5-10,17H,3-4H2,1-2H3,(H,15,16,18). The van der Waals surface area contributed by atoms with Crippen molar-refractivity contribution in [2.45, 2.75) is 13.8 Å². The van der Waals surface area contributed by atoms with E-state index in [0.717, 1.165) is 5.69 Å². The van der Waals surface area contributed by atoms with E-state index >= 15 is 0 Å². The Hall–Kier alpha value is -2.90. The summed E-state index contributed by atoms with van der Waals surface area (Å²) in [5.41, 5.74) is 6.31. The van der Waals surface area contributed by atoms with Crippen LogP contribution >= 0.6 is 0 Å². The van der Waals surface area contributed by atoms with Crippen molar-refractivity contribution < 1.29 is 4.92 Å². The molecule has 0 amide bonds. The fourth-order valence-corrected chi connectivity index (χ4v) is 2.04. The predicted molar refractivity (Wildman–Crippen MR) is 85.9 cm³/mol. The Balaban J connectivity index is 2.30. The first-order valence-electron chi connectivity index (χ1n) is 6.98. The molecule has 8 heteroatoms. The highest BCUT2D eigenvalue weighted by Gasteiger charge is 2.25. The molecule has 0 saturated carbocycles. The average Bonchev–Trinajstić information content (AvgIpc) is 2.55. The van der Waals surface area contributed by atoms with Crippen molar-refractivity contribution >= 4 is 23.0 Å². The molecule has 0 radical (unpaired) electrons. The molecule has 0 aliphatic rings. The predicted octanol–water partition coefficient (Wildman–Crippen LogP) is 2.67. The molecule has 0 aliphatic carbocycles. The number of anilines is 3. The van der Waals surface area contributed by atoms with Gasteiger partial charge in [-0.25, -0.2) is 9.97 Å². The molecule has 1 aromatic heterocycles. The van der Waals surface area contributed by atoms with Crippen LogP contribution in [-0.4, -0.2) is 28.0 Å². The van der Waals surface area contributed by atoms with E-state index < -0.39 is 4.92 Å². The van der Waals surface area contributed by atoms with Crippen LogP contribution in [0.25, 0.3) is 0 Å². The van der Waals surface area contributed by atoms with Gasteiger partial charge in [0.1, 0.15) is 6.33 Å². The number of hydrogen-bond acceptors (Lipinski definition) is 7. The number of nitro groups is 1. The Labute approximate surface area is 128 Å². The minimum absolute atomic E-state index is 0.130. The van der Waals surface area contributed by atoms with Crippen LogP contribution in [0, 0.1) is 10.1 Å². The zero-order valence-corrected chi connectivity index (χ0v) is 12.5. The molecule has 116 valence electrons. The van der Waals surface area contributed by atoms with Gasteiger partial charge in [0.05, 0.1) is 10.6 Å². The maximum Gasteiger partial charge on any atom is 0.355 e. The van der Waals surface area contributed by atoms with Gasteiger partial charge < -0.3 is 4.90 Å². The van der Waals surface area contributed by atoms with Crippen molar-refractivity contribution in [2.75, 3.05) is 28.8 Å². The van der Waals surface area contributed by atoms with Crippen LogP contribution in [0.1, 0.15) is 13.8 Å². The summed E-state index contributed by atoms with van der Waals surface area (Å²) < 4.78 is 0. The molecule has 1 aromatic carbocycles. The summed E-state index contributed by atoms with van der Waals surface area (Å²) in [7, 11) is 0. The zero-order chi connectivity index (χ0) is 15.9. The van der Waals surface area contributed by atoms with Gasteiger partial charge in [0.2, 0.25) is 11.6 Å². The van der Waals surface area contributed by atoms with Crippen molar-refractivity contribution in [3.63, 3.8) is 0 Å². The van der Waals surface area contributed by atoms with E-state index in [-0.39, 0.29) is 11.5 Å². The second kappa shape index (κ2) is 7.21. The van der Waals surface area contributed by atoms with Gasteiger partial charge in [-0.3, -0.25) is 21.0 Å². The summed E-state index contributed by atoms with van der Waals surface area (Å²) >= 11 is 0. The number of nitrogens with one attached hydrogen (secondary N) is 2. The number of aromatic nitrogens is 2. The fourth-order valence-electron chi connectivity index (χ4n) is 2.04. The van der Waals surface area contributed by atoms with Crippen molar-refractivity contribution in [1.82, 2.24) is 9.97 Å². The van der Waals surface area contributed by atoms with E-state index in [1.165, 1.54) is 6.33 Å². The second-order valence-electron chi connectivity index (χ2n) is 4.44. The Morgan fingerprint density at radius 2 is 1.82 bits per heavy atom. The molecular weight excluding hydrogens is 284 g/mol. The van der Waals surface area contributed by atoms with Crippen molar-refractivity contribution in [2.24, 2.45) is 0 Å². The van der Waals surface area contributed by atoms with Crippen LogP contribution < -0.4 is 15.8 Å². The molecule has 0 fully saturated rings. The Morgan fingerprint density at radius 1 is 1.14 bits per heavy atom. The van der Waals surface area contributed by atoms with Gasteiger partial charge in [-0.05, 0) is 26.0 Å². The molecule has 0 bridgehead atoms. The molecule has 0 spiro atoms. The van der Waals surface area contributed by atoms with Crippen LogP contribution in [0.15, 0.2) is 36.7 Å². The molecule has 22 heavy (non-hydrogen) atoms. The Morgan fingerprint density at radius 3 is 2.41 bits per heavy atom. The van der Waals surface area contributed by atoms with Crippen LogP contribution in [-0.2, 0) is 0 Å². The minimum Gasteiger partial charge on any atom is -0.351 e. The quantitative estimate of drug-likeness (QED) is 0.599. The van der Waals surface area contributed by atoms with Gasteiger partial charge in [0.15, 0.2) is 0 Å². The summed E-state index contributed by atoms with van der Waals surface area (Å²) in [5.74, 6) is 0.438. The van der Waals surface area contributed by atoms with E-state index in [1.807, 2.05) is 49.1 Å². The third kappa shape index (κ3) is 3.40. The summed E-state index contributed by atoms with van der Waals surface area (Å²) in [4.78, 5) is 20.8. The number of para-hydroxylation sites is 1. The van der Waals surface area contributed by atoms with Crippen LogP contribution in [0.5, 0.6) is 0 Å². The SMILES string of the molecule is CCN(CC)c1ncnc(NNc2ccccc2)c1[N+](=O)[O-]. The van der Waals surface area contributed by atoms with Crippen LogP contribution in [0.2, 0.25) is 0 Å². The first-order chi connectivity index (χ1) is 10.7. The van der Waals surface area contributed by atoms with Gasteiger partial charge in [0.25, 0.3) is 0 Å². The lowest BCUT2D eigenvalue weighted by molar-refractivity contribution is -0.383. The first-order valence-corrected chi connectivity index (χ1v) is 6.98. The molecule has 0 aliphatic heterocycles. The number of nitrogens with zero attached hydrogens (tertiary/aromatic N) is 4. The van der Waals surface area contributed by atoms with Gasteiger partial charge in [0, 0.05) is 13.1 Å². The molecule has 2 N–H and O–H groups in total.